The Bertz CT molecular complexity index is 465. The number of rotatable bonds is 0. The van der Waals surface area contributed by atoms with Crippen molar-refractivity contribution >= 4 is 17.5 Å². The number of allylic oxidation sites excluding steroid dienone is 2. The number of nitrogens with zero attached hydrogens (tertiary/aromatic N) is 1. The first-order valence-electron chi connectivity index (χ1n) is 7.66. The first kappa shape index (κ1) is 12.3. The zero-order chi connectivity index (χ0) is 13.2. The van der Waals surface area contributed by atoms with Gasteiger partial charge in [-0.15, -0.1) is 0 Å². The SMILES string of the molecule is COC1=N[C@@H]2CCC[C@H]1[C@@H]1C=C(Cl)[C@@H](C)[C@H]2C12CC2. The van der Waals surface area contributed by atoms with Crippen molar-refractivity contribution < 1.29 is 4.74 Å². The van der Waals surface area contributed by atoms with E-state index in [0.717, 1.165) is 10.9 Å². The second kappa shape index (κ2) is 4.00. The van der Waals surface area contributed by atoms with Crippen LogP contribution < -0.4 is 0 Å². The quantitative estimate of drug-likeness (QED) is 0.657. The van der Waals surface area contributed by atoms with E-state index in [1.165, 1.54) is 32.1 Å². The van der Waals surface area contributed by atoms with Crippen molar-refractivity contribution in [1.82, 2.24) is 0 Å². The standard InChI is InChI=1S/C16H22ClNO/c1-9-12(17)8-11-10-4-3-5-13(18-15(10)19-2)14(9)16(11)6-7-16/h8-11,13-14H,3-7H2,1-2H3/t9-,10+,11+,13-,14-/m1/s1. The van der Waals surface area contributed by atoms with Gasteiger partial charge >= 0.3 is 0 Å². The van der Waals surface area contributed by atoms with Crippen LogP contribution in [0, 0.1) is 29.1 Å². The maximum Gasteiger partial charge on any atom is 0.187 e. The number of hydrogen-bond donors (Lipinski definition) is 0. The highest BCUT2D eigenvalue weighted by Crippen LogP contribution is 2.69. The fraction of sp³-hybridized carbons (Fsp3) is 0.812. The number of halogens is 1. The Morgan fingerprint density at radius 3 is 2.84 bits per heavy atom. The molecule has 2 aliphatic carbocycles. The van der Waals surface area contributed by atoms with E-state index in [4.69, 9.17) is 21.3 Å². The van der Waals surface area contributed by atoms with Crippen LogP contribution in [-0.2, 0) is 4.74 Å². The van der Waals surface area contributed by atoms with E-state index in [1.54, 1.807) is 7.11 Å². The fourth-order valence-corrected chi connectivity index (χ4v) is 5.49. The Morgan fingerprint density at radius 2 is 2.16 bits per heavy atom. The second-order valence-corrected chi connectivity index (χ2v) is 7.34. The lowest BCUT2D eigenvalue weighted by Gasteiger charge is -2.45. The summed E-state index contributed by atoms with van der Waals surface area (Å²) >= 11 is 6.57. The fourth-order valence-electron chi connectivity index (χ4n) is 5.22. The Hall–Kier alpha value is -0.500. The Kier molecular flexibility index (Phi) is 2.58. The summed E-state index contributed by atoms with van der Waals surface area (Å²) in [4.78, 5) is 5.02. The number of fused-ring (bicyclic) bond motifs is 4. The van der Waals surface area contributed by atoms with Gasteiger partial charge in [0.1, 0.15) is 0 Å². The molecule has 104 valence electrons. The van der Waals surface area contributed by atoms with E-state index in [9.17, 15) is 0 Å². The lowest BCUT2D eigenvalue weighted by atomic mass is 9.60. The third-order valence-electron chi connectivity index (χ3n) is 6.15. The van der Waals surface area contributed by atoms with Gasteiger partial charge in [0, 0.05) is 11.0 Å². The molecule has 2 nitrogen and oxygen atoms in total. The molecular formula is C16H22ClNO. The van der Waals surface area contributed by atoms with Crippen LogP contribution in [0.25, 0.3) is 0 Å². The summed E-state index contributed by atoms with van der Waals surface area (Å²) in [5, 5.41) is 1.08. The number of aliphatic imine (C=N–C) groups is 1. The largest absolute Gasteiger partial charge is 0.484 e. The summed E-state index contributed by atoms with van der Waals surface area (Å²) in [7, 11) is 1.79. The zero-order valence-corrected chi connectivity index (χ0v) is 12.5. The van der Waals surface area contributed by atoms with Crippen molar-refractivity contribution in [2.24, 2.45) is 34.1 Å². The molecule has 2 heterocycles. The van der Waals surface area contributed by atoms with Crippen LogP contribution in [0.1, 0.15) is 39.0 Å². The number of ether oxygens (including phenoxy) is 1. The molecule has 1 spiro atoms. The molecule has 0 radical (unpaired) electrons. The summed E-state index contributed by atoms with van der Waals surface area (Å²) < 4.78 is 5.66. The van der Waals surface area contributed by atoms with Crippen LogP contribution in [0.2, 0.25) is 0 Å². The summed E-state index contributed by atoms with van der Waals surface area (Å²) in [5.41, 5.74) is 0.497. The van der Waals surface area contributed by atoms with Crippen molar-refractivity contribution in [2.45, 2.75) is 45.1 Å². The molecule has 0 aromatic heterocycles. The minimum atomic E-state index is 0.435. The van der Waals surface area contributed by atoms with Gasteiger partial charge in [-0.05, 0) is 48.9 Å². The van der Waals surface area contributed by atoms with Crippen molar-refractivity contribution in [3.05, 3.63) is 11.1 Å². The summed E-state index contributed by atoms with van der Waals surface area (Å²) in [5.74, 6) is 3.18. The van der Waals surface area contributed by atoms with E-state index >= 15 is 0 Å². The van der Waals surface area contributed by atoms with Gasteiger partial charge in [-0.3, -0.25) is 4.99 Å². The molecule has 0 amide bonds. The molecule has 4 bridgehead atoms. The van der Waals surface area contributed by atoms with Crippen LogP contribution in [0.15, 0.2) is 16.1 Å². The van der Waals surface area contributed by atoms with Gasteiger partial charge in [0.2, 0.25) is 0 Å². The molecule has 19 heavy (non-hydrogen) atoms. The van der Waals surface area contributed by atoms with E-state index in [-0.39, 0.29) is 0 Å². The van der Waals surface area contributed by atoms with Crippen molar-refractivity contribution in [3.8, 4) is 0 Å². The molecule has 5 atom stereocenters. The number of hydrogen-bond acceptors (Lipinski definition) is 2. The summed E-state index contributed by atoms with van der Waals surface area (Å²) in [6.07, 6.45) is 8.82. The van der Waals surface area contributed by atoms with Crippen LogP contribution in [0.5, 0.6) is 0 Å². The molecule has 4 aliphatic rings. The van der Waals surface area contributed by atoms with E-state index in [0.29, 0.717) is 35.1 Å². The van der Waals surface area contributed by atoms with Crippen molar-refractivity contribution in [1.29, 1.82) is 0 Å². The highest BCUT2D eigenvalue weighted by molar-refractivity contribution is 6.30. The first-order valence-corrected chi connectivity index (χ1v) is 8.04. The van der Waals surface area contributed by atoms with Crippen molar-refractivity contribution in [2.75, 3.05) is 7.11 Å². The van der Waals surface area contributed by atoms with Crippen molar-refractivity contribution in [3.63, 3.8) is 0 Å². The molecule has 3 heteroatoms. The highest BCUT2D eigenvalue weighted by Gasteiger charge is 2.64. The lowest BCUT2D eigenvalue weighted by molar-refractivity contribution is 0.107. The number of methoxy groups -OCH3 is 1. The molecular weight excluding hydrogens is 258 g/mol. The predicted molar refractivity (Wildman–Crippen MR) is 77.3 cm³/mol. The summed E-state index contributed by atoms with van der Waals surface area (Å²) in [6.45, 7) is 2.30. The molecule has 4 rings (SSSR count). The lowest BCUT2D eigenvalue weighted by Crippen LogP contribution is -2.42. The van der Waals surface area contributed by atoms with Gasteiger partial charge < -0.3 is 4.74 Å². The van der Waals surface area contributed by atoms with E-state index < -0.39 is 0 Å². The van der Waals surface area contributed by atoms with Crippen LogP contribution >= 0.6 is 11.6 Å². The Morgan fingerprint density at radius 1 is 1.37 bits per heavy atom. The molecule has 0 saturated heterocycles. The van der Waals surface area contributed by atoms with Gasteiger partial charge in [0.15, 0.2) is 5.90 Å². The molecule has 0 aromatic rings. The molecule has 1 saturated carbocycles. The predicted octanol–water partition coefficient (Wildman–Crippen LogP) is 4.00. The Labute approximate surface area is 120 Å². The van der Waals surface area contributed by atoms with Gasteiger partial charge in [-0.2, -0.15) is 0 Å². The molecule has 0 N–H and O–H groups in total. The van der Waals surface area contributed by atoms with E-state index in [1.807, 2.05) is 0 Å². The first-order chi connectivity index (χ1) is 9.17. The smallest absolute Gasteiger partial charge is 0.187 e. The topological polar surface area (TPSA) is 21.6 Å². The van der Waals surface area contributed by atoms with Gasteiger partial charge in [-0.25, -0.2) is 0 Å². The van der Waals surface area contributed by atoms with Gasteiger partial charge in [-0.1, -0.05) is 31.0 Å². The normalized spacial score (nSPS) is 46.2. The van der Waals surface area contributed by atoms with Gasteiger partial charge in [0.25, 0.3) is 0 Å². The molecule has 0 unspecified atom stereocenters. The zero-order valence-electron chi connectivity index (χ0n) is 11.7. The maximum atomic E-state index is 6.57. The Balaban J connectivity index is 1.89. The van der Waals surface area contributed by atoms with Gasteiger partial charge in [0.05, 0.1) is 13.2 Å². The minimum absolute atomic E-state index is 0.435. The molecule has 2 aliphatic heterocycles. The molecule has 0 aromatic carbocycles. The maximum absolute atomic E-state index is 6.57. The van der Waals surface area contributed by atoms with Crippen LogP contribution in [0.4, 0.5) is 0 Å². The second-order valence-electron chi connectivity index (χ2n) is 6.90. The average molecular weight is 280 g/mol. The highest BCUT2D eigenvalue weighted by atomic mass is 35.5. The van der Waals surface area contributed by atoms with E-state index in [2.05, 4.69) is 13.0 Å². The average Bonchev–Trinajstić information content (AvgIpc) is 3.19. The summed E-state index contributed by atoms with van der Waals surface area (Å²) in [6, 6.07) is 0.435. The van der Waals surface area contributed by atoms with Crippen LogP contribution in [0.3, 0.4) is 0 Å². The molecule has 1 fully saturated rings. The van der Waals surface area contributed by atoms with Crippen LogP contribution in [-0.4, -0.2) is 19.0 Å². The third-order valence-corrected chi connectivity index (χ3v) is 6.62. The third kappa shape index (κ3) is 1.53. The monoisotopic (exact) mass is 279 g/mol. The minimum Gasteiger partial charge on any atom is -0.484 e.